The maximum absolute atomic E-state index is 6.03. The Kier molecular flexibility index (Phi) is 4.20. The summed E-state index contributed by atoms with van der Waals surface area (Å²) >= 11 is 9.01. The van der Waals surface area contributed by atoms with Gasteiger partial charge in [-0.05, 0) is 23.7 Å². The zero-order valence-corrected chi connectivity index (χ0v) is 11.6. The topological polar surface area (TPSA) is 64.7 Å². The lowest BCUT2D eigenvalue weighted by Crippen LogP contribution is -1.95. The van der Waals surface area contributed by atoms with E-state index in [1.807, 2.05) is 6.92 Å². The first-order valence-electron chi connectivity index (χ1n) is 5.05. The molecule has 17 heavy (non-hydrogen) atoms. The smallest absolute Gasteiger partial charge is 0.170 e. The van der Waals surface area contributed by atoms with Crippen LogP contribution in [-0.4, -0.2) is 14.3 Å². The number of aromatic nitrogens is 3. The van der Waals surface area contributed by atoms with Crippen molar-refractivity contribution >= 4 is 40.7 Å². The van der Waals surface area contributed by atoms with Crippen molar-refractivity contribution < 1.29 is 0 Å². The van der Waals surface area contributed by atoms with E-state index in [1.165, 1.54) is 11.5 Å². The highest BCUT2D eigenvalue weighted by Gasteiger charge is 2.07. The summed E-state index contributed by atoms with van der Waals surface area (Å²) < 4.78 is 5.15. The van der Waals surface area contributed by atoms with E-state index in [0.717, 1.165) is 22.3 Å². The maximum Gasteiger partial charge on any atom is 0.170 e. The lowest BCUT2D eigenvalue weighted by molar-refractivity contribution is 0.971. The highest BCUT2D eigenvalue weighted by atomic mass is 35.5. The van der Waals surface area contributed by atoms with E-state index in [-0.39, 0.29) is 0 Å². The molecule has 90 valence electrons. The van der Waals surface area contributed by atoms with Gasteiger partial charge < -0.3 is 5.73 Å². The Morgan fingerprint density at radius 3 is 2.94 bits per heavy atom. The number of hydrogen-bond acceptors (Lipinski definition) is 6. The second-order valence-electron chi connectivity index (χ2n) is 3.28. The Hall–Kier alpha value is -0.850. The van der Waals surface area contributed by atoms with Crippen LogP contribution in [0.25, 0.3) is 0 Å². The number of hydrogen-bond donors (Lipinski definition) is 1. The van der Waals surface area contributed by atoms with Crippen LogP contribution in [-0.2, 0) is 12.2 Å². The summed E-state index contributed by atoms with van der Waals surface area (Å²) in [5, 5.41) is 0.631. The highest BCUT2D eigenvalue weighted by Crippen LogP contribution is 2.27. The standard InChI is InChI=1S/C10H11ClN4S2/c1-2-9-14-10(17-15-9)16-5-7-6(11)3-4-8(12)13-7/h3-4H,2,5H2,1H3,(H2,12,13). The fourth-order valence-electron chi connectivity index (χ4n) is 1.17. The number of pyridine rings is 1. The molecule has 0 saturated carbocycles. The number of aryl methyl sites for hydroxylation is 1. The van der Waals surface area contributed by atoms with Crippen molar-refractivity contribution in [3.63, 3.8) is 0 Å². The van der Waals surface area contributed by atoms with Crippen molar-refractivity contribution in [2.24, 2.45) is 0 Å². The van der Waals surface area contributed by atoms with Gasteiger partial charge in [0.2, 0.25) is 0 Å². The summed E-state index contributed by atoms with van der Waals surface area (Å²) in [6.45, 7) is 2.03. The number of nitrogen functional groups attached to an aromatic ring is 1. The van der Waals surface area contributed by atoms with Gasteiger partial charge in [0, 0.05) is 12.2 Å². The third-order valence-electron chi connectivity index (χ3n) is 2.04. The number of halogens is 1. The average molecular weight is 287 g/mol. The van der Waals surface area contributed by atoms with Gasteiger partial charge in [-0.15, -0.1) is 0 Å². The van der Waals surface area contributed by atoms with Gasteiger partial charge in [0.05, 0.1) is 10.7 Å². The van der Waals surface area contributed by atoms with Crippen molar-refractivity contribution in [3.8, 4) is 0 Å². The summed E-state index contributed by atoms with van der Waals surface area (Å²) in [7, 11) is 0. The minimum Gasteiger partial charge on any atom is -0.384 e. The minimum absolute atomic E-state index is 0.483. The molecular weight excluding hydrogens is 276 g/mol. The Morgan fingerprint density at radius 1 is 1.41 bits per heavy atom. The molecule has 2 heterocycles. The molecule has 0 aliphatic rings. The fourth-order valence-corrected chi connectivity index (χ4v) is 3.07. The van der Waals surface area contributed by atoms with E-state index in [2.05, 4.69) is 14.3 Å². The van der Waals surface area contributed by atoms with Crippen molar-refractivity contribution in [3.05, 3.63) is 28.7 Å². The van der Waals surface area contributed by atoms with Gasteiger partial charge in [-0.1, -0.05) is 30.3 Å². The van der Waals surface area contributed by atoms with Crippen LogP contribution in [0.4, 0.5) is 5.82 Å². The number of nitrogens with zero attached hydrogens (tertiary/aromatic N) is 3. The molecule has 0 unspecified atom stereocenters. The van der Waals surface area contributed by atoms with Crippen LogP contribution >= 0.6 is 34.9 Å². The summed E-state index contributed by atoms with van der Waals surface area (Å²) in [5.74, 6) is 2.02. The SMILES string of the molecule is CCc1nsc(SCc2nc(N)ccc2Cl)n1. The van der Waals surface area contributed by atoms with Crippen LogP contribution in [0.5, 0.6) is 0 Å². The van der Waals surface area contributed by atoms with Crippen LogP contribution < -0.4 is 5.73 Å². The van der Waals surface area contributed by atoms with Crippen molar-refractivity contribution in [1.29, 1.82) is 0 Å². The summed E-state index contributed by atoms with van der Waals surface area (Å²) in [6.07, 6.45) is 0.856. The van der Waals surface area contributed by atoms with Gasteiger partial charge >= 0.3 is 0 Å². The highest BCUT2D eigenvalue weighted by molar-refractivity contribution is 8.00. The molecular formula is C10H11ClN4S2. The number of anilines is 1. The number of nitrogens with two attached hydrogens (primary N) is 1. The van der Waals surface area contributed by atoms with Crippen LogP contribution in [0.3, 0.4) is 0 Å². The summed E-state index contributed by atoms with van der Waals surface area (Å²) in [5.41, 5.74) is 6.40. The van der Waals surface area contributed by atoms with E-state index in [9.17, 15) is 0 Å². The molecule has 0 radical (unpaired) electrons. The number of thioether (sulfide) groups is 1. The molecule has 0 atom stereocenters. The third-order valence-corrected chi connectivity index (χ3v) is 4.27. The molecule has 0 bridgehead atoms. The first-order chi connectivity index (χ1) is 8.19. The predicted molar refractivity (Wildman–Crippen MR) is 72.5 cm³/mol. The molecule has 0 spiro atoms. The van der Waals surface area contributed by atoms with Crippen molar-refractivity contribution in [2.75, 3.05) is 5.73 Å². The fraction of sp³-hybridized carbons (Fsp3) is 0.300. The molecule has 0 fully saturated rings. The predicted octanol–water partition coefficient (Wildman–Crippen LogP) is 3.02. The molecule has 0 aromatic carbocycles. The van der Waals surface area contributed by atoms with Crippen molar-refractivity contribution in [2.45, 2.75) is 23.4 Å². The second-order valence-corrected chi connectivity index (χ2v) is 5.66. The molecule has 4 nitrogen and oxygen atoms in total. The average Bonchev–Trinajstić information content (AvgIpc) is 2.78. The largest absolute Gasteiger partial charge is 0.384 e. The van der Waals surface area contributed by atoms with Gasteiger partial charge in [0.25, 0.3) is 0 Å². The van der Waals surface area contributed by atoms with Gasteiger partial charge in [-0.3, -0.25) is 0 Å². The van der Waals surface area contributed by atoms with Crippen LogP contribution in [0.15, 0.2) is 16.5 Å². The van der Waals surface area contributed by atoms with Crippen molar-refractivity contribution in [1.82, 2.24) is 14.3 Å². The molecule has 0 aliphatic heterocycles. The first-order valence-corrected chi connectivity index (χ1v) is 7.19. The first kappa shape index (κ1) is 12.6. The van der Waals surface area contributed by atoms with E-state index in [1.54, 1.807) is 23.9 Å². The Labute approximate surface area is 113 Å². The van der Waals surface area contributed by atoms with E-state index < -0.39 is 0 Å². The zero-order valence-electron chi connectivity index (χ0n) is 9.18. The maximum atomic E-state index is 6.03. The molecule has 2 aromatic heterocycles. The quantitative estimate of drug-likeness (QED) is 0.875. The van der Waals surface area contributed by atoms with Gasteiger partial charge in [-0.25, -0.2) is 9.97 Å². The van der Waals surface area contributed by atoms with Crippen LogP contribution in [0, 0.1) is 0 Å². The second kappa shape index (κ2) is 5.66. The molecule has 2 rings (SSSR count). The lowest BCUT2D eigenvalue weighted by atomic mass is 10.4. The van der Waals surface area contributed by atoms with Gasteiger partial charge in [0.1, 0.15) is 11.6 Å². The number of rotatable bonds is 4. The van der Waals surface area contributed by atoms with Gasteiger partial charge in [-0.2, -0.15) is 4.37 Å². The van der Waals surface area contributed by atoms with Crippen LogP contribution in [0.2, 0.25) is 5.02 Å². The minimum atomic E-state index is 0.483. The summed E-state index contributed by atoms with van der Waals surface area (Å²) in [4.78, 5) is 8.56. The monoisotopic (exact) mass is 286 g/mol. The van der Waals surface area contributed by atoms with E-state index in [0.29, 0.717) is 16.6 Å². The molecule has 2 aromatic rings. The lowest BCUT2D eigenvalue weighted by Gasteiger charge is -2.02. The van der Waals surface area contributed by atoms with E-state index >= 15 is 0 Å². The third kappa shape index (κ3) is 3.31. The molecule has 0 aliphatic carbocycles. The summed E-state index contributed by atoms with van der Waals surface area (Å²) in [6, 6.07) is 3.45. The molecule has 7 heteroatoms. The normalized spacial score (nSPS) is 10.7. The van der Waals surface area contributed by atoms with Crippen LogP contribution in [0.1, 0.15) is 18.4 Å². The molecule has 0 saturated heterocycles. The Bertz CT molecular complexity index is 515. The Morgan fingerprint density at radius 2 is 2.24 bits per heavy atom. The Balaban J connectivity index is 2.04. The zero-order chi connectivity index (χ0) is 12.3. The molecule has 2 N–H and O–H groups in total. The van der Waals surface area contributed by atoms with E-state index in [4.69, 9.17) is 17.3 Å². The van der Waals surface area contributed by atoms with Gasteiger partial charge in [0.15, 0.2) is 4.34 Å². The molecule has 0 amide bonds.